The Morgan fingerprint density at radius 3 is 2.56 bits per heavy atom. The van der Waals surface area contributed by atoms with Gasteiger partial charge < -0.3 is 4.74 Å². The van der Waals surface area contributed by atoms with Crippen molar-refractivity contribution in [2.75, 3.05) is 6.61 Å². The molecule has 0 aliphatic rings. The second kappa shape index (κ2) is 7.49. The molecule has 3 nitrogen and oxygen atoms in total. The van der Waals surface area contributed by atoms with Crippen LogP contribution in [0.5, 0.6) is 0 Å². The lowest BCUT2D eigenvalue weighted by atomic mass is 9.99. The number of benzene rings is 2. The third-order valence-corrected chi connectivity index (χ3v) is 4.16. The van der Waals surface area contributed by atoms with E-state index in [9.17, 15) is 4.79 Å². The summed E-state index contributed by atoms with van der Waals surface area (Å²) < 4.78 is 5.24. The van der Waals surface area contributed by atoms with Gasteiger partial charge in [0.25, 0.3) is 0 Å². The van der Waals surface area contributed by atoms with Gasteiger partial charge in [-0.15, -0.1) is 0 Å². The highest BCUT2D eigenvalue weighted by atomic mass is 35.5. The van der Waals surface area contributed by atoms with Crippen LogP contribution >= 0.6 is 11.6 Å². The van der Waals surface area contributed by atoms with Gasteiger partial charge in [0.15, 0.2) is 0 Å². The van der Waals surface area contributed by atoms with Crippen molar-refractivity contribution >= 4 is 40.6 Å². The van der Waals surface area contributed by atoms with Gasteiger partial charge in [0.1, 0.15) is 0 Å². The van der Waals surface area contributed by atoms with Crippen LogP contribution in [0.2, 0.25) is 5.02 Å². The van der Waals surface area contributed by atoms with Crippen molar-refractivity contribution in [2.45, 2.75) is 13.8 Å². The van der Waals surface area contributed by atoms with Gasteiger partial charge in [-0.25, -0.2) is 4.79 Å². The maximum Gasteiger partial charge on any atom is 0.340 e. The highest BCUT2D eigenvalue weighted by molar-refractivity contribution is 6.30. The van der Waals surface area contributed by atoms with E-state index in [1.807, 2.05) is 67.6 Å². The predicted octanol–water partition coefficient (Wildman–Crippen LogP) is 5.54. The number of aryl methyl sites for hydroxylation is 1. The highest BCUT2D eigenvalue weighted by Gasteiger charge is 2.18. The first-order valence-corrected chi connectivity index (χ1v) is 8.48. The number of hydrogen-bond donors (Lipinski definition) is 0. The zero-order valence-corrected chi connectivity index (χ0v) is 14.9. The summed E-state index contributed by atoms with van der Waals surface area (Å²) in [6, 6.07) is 15.3. The Bertz CT molecular complexity index is 946. The Kier molecular flexibility index (Phi) is 5.15. The number of aromatic nitrogens is 1. The van der Waals surface area contributed by atoms with E-state index in [1.165, 1.54) is 0 Å². The van der Waals surface area contributed by atoms with Crippen molar-refractivity contribution in [1.82, 2.24) is 4.98 Å². The molecular formula is C21H18ClNO2. The highest BCUT2D eigenvalue weighted by Crippen LogP contribution is 2.26. The molecule has 0 unspecified atom stereocenters. The zero-order chi connectivity index (χ0) is 17.8. The molecule has 4 heteroatoms. The second-order valence-electron chi connectivity index (χ2n) is 5.61. The number of carbonyl (C=O) groups excluding carboxylic acids is 1. The fourth-order valence-corrected chi connectivity index (χ4v) is 2.88. The number of fused-ring (bicyclic) bond motifs is 1. The zero-order valence-electron chi connectivity index (χ0n) is 14.1. The number of para-hydroxylation sites is 1. The first-order valence-electron chi connectivity index (χ1n) is 8.10. The molecule has 126 valence electrons. The maximum atomic E-state index is 12.5. The molecule has 1 heterocycles. The minimum absolute atomic E-state index is 0.325. The lowest BCUT2D eigenvalue weighted by Gasteiger charge is -2.12. The molecule has 0 fully saturated rings. The first-order chi connectivity index (χ1) is 12.1. The first kappa shape index (κ1) is 17.2. The molecular weight excluding hydrogens is 334 g/mol. The molecule has 0 aliphatic heterocycles. The summed E-state index contributed by atoms with van der Waals surface area (Å²) in [5.41, 5.74) is 3.83. The molecule has 0 saturated carbocycles. The summed E-state index contributed by atoms with van der Waals surface area (Å²) in [5.74, 6) is -0.353. The number of hydrogen-bond acceptors (Lipinski definition) is 3. The normalized spacial score (nSPS) is 11.2. The van der Waals surface area contributed by atoms with E-state index >= 15 is 0 Å². The molecule has 0 spiro atoms. The van der Waals surface area contributed by atoms with E-state index in [1.54, 1.807) is 6.92 Å². The van der Waals surface area contributed by atoms with Crippen molar-refractivity contribution in [2.24, 2.45) is 0 Å². The van der Waals surface area contributed by atoms with Crippen LogP contribution in [0.25, 0.3) is 23.1 Å². The van der Waals surface area contributed by atoms with Crippen LogP contribution in [-0.4, -0.2) is 17.6 Å². The Morgan fingerprint density at radius 2 is 1.84 bits per heavy atom. The van der Waals surface area contributed by atoms with Crippen LogP contribution in [0.3, 0.4) is 0 Å². The monoisotopic (exact) mass is 351 g/mol. The Labute approximate surface area is 151 Å². The molecule has 0 saturated heterocycles. The van der Waals surface area contributed by atoms with Gasteiger partial charge >= 0.3 is 5.97 Å². The predicted molar refractivity (Wildman–Crippen MR) is 103 cm³/mol. The van der Waals surface area contributed by atoms with Crippen LogP contribution in [-0.2, 0) is 4.74 Å². The van der Waals surface area contributed by atoms with E-state index in [0.29, 0.717) is 22.9 Å². The number of ether oxygens (including phenoxy) is 1. The minimum atomic E-state index is -0.353. The largest absolute Gasteiger partial charge is 0.462 e. The smallest absolute Gasteiger partial charge is 0.340 e. The van der Waals surface area contributed by atoms with Crippen LogP contribution in [0.4, 0.5) is 0 Å². The molecule has 0 bridgehead atoms. The van der Waals surface area contributed by atoms with Crippen LogP contribution in [0.1, 0.15) is 34.1 Å². The lowest BCUT2D eigenvalue weighted by molar-refractivity contribution is 0.0525. The molecule has 3 aromatic rings. The SMILES string of the molecule is CCOC(=O)c1c(C)nc2ccccc2c1/C=C/c1ccc(Cl)cc1. The van der Waals surface area contributed by atoms with Gasteiger partial charge in [0.05, 0.1) is 23.4 Å². The molecule has 0 aliphatic carbocycles. The van der Waals surface area contributed by atoms with Gasteiger partial charge in [0, 0.05) is 16.0 Å². The number of carbonyl (C=O) groups is 1. The van der Waals surface area contributed by atoms with Crippen molar-refractivity contribution in [1.29, 1.82) is 0 Å². The number of rotatable bonds is 4. The number of pyridine rings is 1. The molecule has 1 aromatic heterocycles. The molecule has 0 radical (unpaired) electrons. The minimum Gasteiger partial charge on any atom is -0.462 e. The van der Waals surface area contributed by atoms with E-state index < -0.39 is 0 Å². The summed E-state index contributed by atoms with van der Waals surface area (Å²) in [5, 5.41) is 1.61. The lowest BCUT2D eigenvalue weighted by Crippen LogP contribution is -2.10. The fraction of sp³-hybridized carbons (Fsp3) is 0.143. The summed E-state index contributed by atoms with van der Waals surface area (Å²) in [7, 11) is 0. The van der Waals surface area contributed by atoms with Gasteiger partial charge in [-0.2, -0.15) is 0 Å². The Balaban J connectivity index is 2.17. The maximum absolute atomic E-state index is 12.5. The summed E-state index contributed by atoms with van der Waals surface area (Å²) in [4.78, 5) is 17.0. The average molecular weight is 352 g/mol. The van der Waals surface area contributed by atoms with Crippen LogP contribution in [0.15, 0.2) is 48.5 Å². The van der Waals surface area contributed by atoms with E-state index in [2.05, 4.69) is 4.98 Å². The number of esters is 1. The van der Waals surface area contributed by atoms with Crippen molar-refractivity contribution in [3.05, 3.63) is 75.9 Å². The van der Waals surface area contributed by atoms with Crippen molar-refractivity contribution in [3.63, 3.8) is 0 Å². The fourth-order valence-electron chi connectivity index (χ4n) is 2.75. The van der Waals surface area contributed by atoms with Crippen LogP contribution < -0.4 is 0 Å². The number of nitrogens with zero attached hydrogens (tertiary/aromatic N) is 1. The van der Waals surface area contributed by atoms with Gasteiger partial charge in [-0.05, 0) is 37.6 Å². The van der Waals surface area contributed by atoms with Gasteiger partial charge in [-0.3, -0.25) is 4.98 Å². The van der Waals surface area contributed by atoms with Crippen molar-refractivity contribution in [3.8, 4) is 0 Å². The summed E-state index contributed by atoms with van der Waals surface area (Å²) >= 11 is 5.94. The third-order valence-electron chi connectivity index (χ3n) is 3.91. The molecule has 3 rings (SSSR count). The quantitative estimate of drug-likeness (QED) is 0.579. The van der Waals surface area contributed by atoms with E-state index in [0.717, 1.165) is 22.0 Å². The third kappa shape index (κ3) is 3.72. The second-order valence-corrected chi connectivity index (χ2v) is 6.04. The van der Waals surface area contributed by atoms with Crippen LogP contribution in [0, 0.1) is 6.92 Å². The Hall–Kier alpha value is -2.65. The Morgan fingerprint density at radius 1 is 1.12 bits per heavy atom. The molecule has 25 heavy (non-hydrogen) atoms. The molecule has 0 N–H and O–H groups in total. The van der Waals surface area contributed by atoms with Gasteiger partial charge in [-0.1, -0.05) is 54.1 Å². The molecule has 2 aromatic carbocycles. The topological polar surface area (TPSA) is 39.2 Å². The van der Waals surface area contributed by atoms with E-state index in [4.69, 9.17) is 16.3 Å². The van der Waals surface area contributed by atoms with Gasteiger partial charge in [0.2, 0.25) is 0 Å². The van der Waals surface area contributed by atoms with E-state index in [-0.39, 0.29) is 5.97 Å². The average Bonchev–Trinajstić information content (AvgIpc) is 2.60. The standard InChI is InChI=1S/C21H18ClNO2/c1-3-25-21(24)20-14(2)23-19-7-5-4-6-17(19)18(20)13-10-15-8-11-16(22)12-9-15/h4-13H,3H2,1-2H3/b13-10+. The molecule has 0 amide bonds. The number of halogens is 1. The summed E-state index contributed by atoms with van der Waals surface area (Å²) in [6.07, 6.45) is 3.90. The van der Waals surface area contributed by atoms with Crippen molar-refractivity contribution < 1.29 is 9.53 Å². The molecule has 0 atom stereocenters. The summed E-state index contributed by atoms with van der Waals surface area (Å²) in [6.45, 7) is 3.95.